The van der Waals surface area contributed by atoms with Gasteiger partial charge in [-0.3, -0.25) is 4.79 Å². The third-order valence-corrected chi connectivity index (χ3v) is 2.95. The van der Waals surface area contributed by atoms with Crippen molar-refractivity contribution < 1.29 is 22.8 Å². The van der Waals surface area contributed by atoms with Crippen molar-refractivity contribution in [3.05, 3.63) is 0 Å². The summed E-state index contributed by atoms with van der Waals surface area (Å²) in [5.74, 6) is -1.23. The largest absolute Gasteiger partial charge is 0.405 e. The van der Waals surface area contributed by atoms with E-state index in [9.17, 15) is 22.8 Å². The van der Waals surface area contributed by atoms with E-state index in [1.807, 2.05) is 19.2 Å². The summed E-state index contributed by atoms with van der Waals surface area (Å²) >= 11 is 0. The van der Waals surface area contributed by atoms with Gasteiger partial charge in [-0.15, -0.1) is 0 Å². The lowest BCUT2D eigenvalue weighted by molar-refractivity contribution is -0.141. The normalized spacial score (nSPS) is 19.9. The maximum atomic E-state index is 12.0. The lowest BCUT2D eigenvalue weighted by Gasteiger charge is -2.32. The van der Waals surface area contributed by atoms with Crippen LogP contribution in [0.3, 0.4) is 0 Å². The van der Waals surface area contributed by atoms with Gasteiger partial charge in [0.1, 0.15) is 6.54 Å². The molecule has 20 heavy (non-hydrogen) atoms. The molecule has 0 aromatic heterocycles. The van der Waals surface area contributed by atoms with Crippen molar-refractivity contribution in [3.8, 4) is 0 Å². The van der Waals surface area contributed by atoms with Crippen molar-refractivity contribution in [3.63, 3.8) is 0 Å². The second kappa shape index (κ2) is 6.81. The Morgan fingerprint density at radius 3 is 2.55 bits per heavy atom. The summed E-state index contributed by atoms with van der Waals surface area (Å²) in [5.41, 5.74) is 0. The molecule has 2 N–H and O–H groups in total. The van der Waals surface area contributed by atoms with Crippen LogP contribution in [-0.2, 0) is 4.79 Å². The van der Waals surface area contributed by atoms with Gasteiger partial charge in [-0.2, -0.15) is 13.2 Å². The third kappa shape index (κ3) is 5.66. The minimum Gasteiger partial charge on any atom is -0.347 e. The van der Waals surface area contributed by atoms with E-state index in [1.165, 1.54) is 4.90 Å². The average Bonchev–Trinajstić information content (AvgIpc) is 2.34. The monoisotopic (exact) mass is 295 g/mol. The van der Waals surface area contributed by atoms with Crippen LogP contribution in [-0.4, -0.2) is 48.7 Å². The van der Waals surface area contributed by atoms with Crippen LogP contribution >= 0.6 is 0 Å². The van der Waals surface area contributed by atoms with Gasteiger partial charge in [-0.25, -0.2) is 4.79 Å². The average molecular weight is 295 g/mol. The standard InChI is InChI=1S/C12H20F3N3O2/c1-8(2)17-11(20)18-5-3-4-9(6-18)10(19)16-7-12(13,14)15/h8-9H,3-7H2,1-2H3,(H,16,19)(H,17,20)/t9-/m1/s1. The van der Waals surface area contributed by atoms with E-state index in [0.717, 1.165) is 0 Å². The number of nitrogens with zero attached hydrogens (tertiary/aromatic N) is 1. The molecular formula is C12H20F3N3O2. The Labute approximate surface area is 115 Å². The topological polar surface area (TPSA) is 61.4 Å². The first-order valence-electron chi connectivity index (χ1n) is 6.59. The lowest BCUT2D eigenvalue weighted by Crippen LogP contribution is -2.50. The minimum absolute atomic E-state index is 0.0260. The molecule has 0 spiro atoms. The fourth-order valence-electron chi connectivity index (χ4n) is 2.05. The first-order chi connectivity index (χ1) is 9.19. The quantitative estimate of drug-likeness (QED) is 0.829. The number of likely N-dealkylation sites (tertiary alicyclic amines) is 1. The highest BCUT2D eigenvalue weighted by atomic mass is 19.4. The molecule has 1 aliphatic heterocycles. The number of urea groups is 1. The summed E-state index contributed by atoms with van der Waals surface area (Å²) in [6.07, 6.45) is -3.32. The van der Waals surface area contributed by atoms with Crippen LogP contribution in [0.4, 0.5) is 18.0 Å². The molecule has 0 bridgehead atoms. The number of hydrogen-bond donors (Lipinski definition) is 2. The fraction of sp³-hybridized carbons (Fsp3) is 0.833. The SMILES string of the molecule is CC(C)NC(=O)N1CCC[C@@H](C(=O)NCC(F)(F)F)C1. The molecule has 8 heteroatoms. The summed E-state index contributed by atoms with van der Waals surface area (Å²) < 4.78 is 36.1. The van der Waals surface area contributed by atoms with Gasteiger partial charge < -0.3 is 15.5 Å². The molecule has 0 radical (unpaired) electrons. The number of nitrogens with one attached hydrogen (secondary N) is 2. The number of halogens is 3. The summed E-state index contributed by atoms with van der Waals surface area (Å²) in [7, 11) is 0. The van der Waals surface area contributed by atoms with E-state index in [-0.39, 0.29) is 18.6 Å². The maximum absolute atomic E-state index is 12.0. The van der Waals surface area contributed by atoms with Crippen molar-refractivity contribution in [2.24, 2.45) is 5.92 Å². The van der Waals surface area contributed by atoms with Crippen molar-refractivity contribution in [2.75, 3.05) is 19.6 Å². The molecule has 1 saturated heterocycles. The fourth-order valence-corrected chi connectivity index (χ4v) is 2.05. The molecule has 0 aliphatic carbocycles. The predicted molar refractivity (Wildman–Crippen MR) is 67.0 cm³/mol. The number of piperidine rings is 1. The number of carbonyl (C=O) groups is 2. The van der Waals surface area contributed by atoms with Gasteiger partial charge in [0.15, 0.2) is 0 Å². The van der Waals surface area contributed by atoms with Gasteiger partial charge in [0.2, 0.25) is 5.91 Å². The molecule has 3 amide bonds. The zero-order chi connectivity index (χ0) is 15.3. The highest BCUT2D eigenvalue weighted by molar-refractivity contribution is 5.80. The number of rotatable bonds is 3. The minimum atomic E-state index is -4.42. The summed E-state index contributed by atoms with van der Waals surface area (Å²) in [5, 5.41) is 4.57. The molecule has 0 aromatic rings. The Bertz CT molecular complexity index is 358. The van der Waals surface area contributed by atoms with E-state index < -0.39 is 24.5 Å². The van der Waals surface area contributed by atoms with Gasteiger partial charge in [-0.05, 0) is 26.7 Å². The van der Waals surface area contributed by atoms with Crippen LogP contribution < -0.4 is 10.6 Å². The molecule has 0 saturated carbocycles. The van der Waals surface area contributed by atoms with Crippen LogP contribution in [0.25, 0.3) is 0 Å². The Morgan fingerprint density at radius 1 is 1.35 bits per heavy atom. The van der Waals surface area contributed by atoms with Crippen molar-refractivity contribution >= 4 is 11.9 Å². The van der Waals surface area contributed by atoms with E-state index >= 15 is 0 Å². The first-order valence-corrected chi connectivity index (χ1v) is 6.59. The molecule has 1 aliphatic rings. The first kappa shape index (κ1) is 16.6. The summed E-state index contributed by atoms with van der Waals surface area (Å²) in [6, 6.07) is -0.310. The molecular weight excluding hydrogens is 275 g/mol. The van der Waals surface area contributed by atoms with E-state index in [0.29, 0.717) is 19.4 Å². The molecule has 1 fully saturated rings. The molecule has 1 rings (SSSR count). The van der Waals surface area contributed by atoms with Crippen LogP contribution in [0, 0.1) is 5.92 Å². The van der Waals surface area contributed by atoms with Crippen LogP contribution in [0.2, 0.25) is 0 Å². The van der Waals surface area contributed by atoms with Crippen LogP contribution in [0.15, 0.2) is 0 Å². The highest BCUT2D eigenvalue weighted by Gasteiger charge is 2.32. The number of alkyl halides is 3. The van der Waals surface area contributed by atoms with Crippen molar-refractivity contribution in [1.29, 1.82) is 0 Å². The molecule has 0 aromatic carbocycles. The van der Waals surface area contributed by atoms with Gasteiger partial charge in [0.05, 0.1) is 5.92 Å². The maximum Gasteiger partial charge on any atom is 0.405 e. The Kier molecular flexibility index (Phi) is 5.64. The molecule has 1 heterocycles. The van der Waals surface area contributed by atoms with Gasteiger partial charge in [0, 0.05) is 19.1 Å². The molecule has 0 unspecified atom stereocenters. The van der Waals surface area contributed by atoms with Gasteiger partial charge >= 0.3 is 12.2 Å². The van der Waals surface area contributed by atoms with Crippen LogP contribution in [0.1, 0.15) is 26.7 Å². The van der Waals surface area contributed by atoms with Crippen molar-refractivity contribution in [2.45, 2.75) is 38.9 Å². The zero-order valence-electron chi connectivity index (χ0n) is 11.6. The van der Waals surface area contributed by atoms with Gasteiger partial charge in [0.25, 0.3) is 0 Å². The van der Waals surface area contributed by atoms with E-state index in [2.05, 4.69) is 5.32 Å². The molecule has 5 nitrogen and oxygen atoms in total. The van der Waals surface area contributed by atoms with Gasteiger partial charge in [-0.1, -0.05) is 0 Å². The summed E-state index contributed by atoms with van der Waals surface area (Å²) in [6.45, 7) is 2.97. The second-order valence-electron chi connectivity index (χ2n) is 5.22. The Balaban J connectivity index is 2.47. The Morgan fingerprint density at radius 2 is 2.00 bits per heavy atom. The highest BCUT2D eigenvalue weighted by Crippen LogP contribution is 2.18. The van der Waals surface area contributed by atoms with E-state index in [1.54, 1.807) is 0 Å². The van der Waals surface area contributed by atoms with Crippen LogP contribution in [0.5, 0.6) is 0 Å². The van der Waals surface area contributed by atoms with Crippen molar-refractivity contribution in [1.82, 2.24) is 15.5 Å². The smallest absolute Gasteiger partial charge is 0.347 e. The third-order valence-electron chi connectivity index (χ3n) is 2.95. The number of hydrogen-bond acceptors (Lipinski definition) is 2. The summed E-state index contributed by atoms with van der Waals surface area (Å²) in [4.78, 5) is 24.9. The molecule has 116 valence electrons. The Hall–Kier alpha value is -1.47. The second-order valence-corrected chi connectivity index (χ2v) is 5.22. The predicted octanol–water partition coefficient (Wildman–Crippen LogP) is 1.49. The number of carbonyl (C=O) groups excluding carboxylic acids is 2. The molecule has 1 atom stereocenters. The zero-order valence-corrected chi connectivity index (χ0v) is 11.6. The van der Waals surface area contributed by atoms with E-state index in [4.69, 9.17) is 0 Å². The lowest BCUT2D eigenvalue weighted by atomic mass is 9.97. The number of amides is 3.